The van der Waals surface area contributed by atoms with Gasteiger partial charge in [-0.25, -0.2) is 0 Å². The Hall–Kier alpha value is -0.370. The first-order valence-electron chi connectivity index (χ1n) is 7.43. The number of nitrogens with zero attached hydrogens (tertiary/aromatic N) is 1. The fraction of sp³-hybridized carbons (Fsp3) is 0.933. The number of hydrogen-bond acceptors (Lipinski definition) is 2. The smallest absolute Gasteiger partial charge is 0.146 e. The fourth-order valence-electron chi connectivity index (χ4n) is 2.92. The number of unbranched alkanes of at least 4 members (excludes halogenated alkanes) is 1. The van der Waals surface area contributed by atoms with Gasteiger partial charge in [0.2, 0.25) is 0 Å². The van der Waals surface area contributed by atoms with E-state index in [1.807, 2.05) is 0 Å². The highest BCUT2D eigenvalue weighted by Gasteiger charge is 2.27. The molecule has 2 heteroatoms. The summed E-state index contributed by atoms with van der Waals surface area (Å²) in [6.45, 7) is 8.57. The molecule has 1 aliphatic rings. The first-order valence-corrected chi connectivity index (χ1v) is 7.43. The zero-order valence-corrected chi connectivity index (χ0v) is 11.9. The lowest BCUT2D eigenvalue weighted by Gasteiger charge is -2.36. The molecule has 1 saturated heterocycles. The molecule has 1 heterocycles. The third kappa shape index (κ3) is 4.79. The minimum Gasteiger partial charge on any atom is -0.298 e. The zero-order chi connectivity index (χ0) is 12.7. The quantitative estimate of drug-likeness (QED) is 0.676. The molecule has 2 atom stereocenters. The van der Waals surface area contributed by atoms with Gasteiger partial charge in [0.05, 0.1) is 6.04 Å². The van der Waals surface area contributed by atoms with Crippen LogP contribution in [-0.4, -0.2) is 29.8 Å². The Balaban J connectivity index is 2.47. The number of ketones is 1. The summed E-state index contributed by atoms with van der Waals surface area (Å²) in [5, 5.41) is 0. The summed E-state index contributed by atoms with van der Waals surface area (Å²) in [5.41, 5.74) is 0. The maximum atomic E-state index is 11.7. The molecular formula is C15H29NO. The topological polar surface area (TPSA) is 20.3 Å². The van der Waals surface area contributed by atoms with Gasteiger partial charge in [0.15, 0.2) is 0 Å². The Labute approximate surface area is 107 Å². The molecule has 0 aliphatic carbocycles. The SMILES string of the molecule is CCCCC(CC)CN1CCCCC1C(C)=O. The molecule has 17 heavy (non-hydrogen) atoms. The van der Waals surface area contributed by atoms with Crippen molar-refractivity contribution in [3.8, 4) is 0 Å². The van der Waals surface area contributed by atoms with Crippen molar-refractivity contribution in [3.63, 3.8) is 0 Å². The minimum atomic E-state index is 0.222. The van der Waals surface area contributed by atoms with Gasteiger partial charge in [-0.2, -0.15) is 0 Å². The van der Waals surface area contributed by atoms with E-state index in [1.165, 1.54) is 38.5 Å². The van der Waals surface area contributed by atoms with Gasteiger partial charge >= 0.3 is 0 Å². The van der Waals surface area contributed by atoms with Crippen LogP contribution in [-0.2, 0) is 4.79 Å². The van der Waals surface area contributed by atoms with E-state index in [9.17, 15) is 4.79 Å². The van der Waals surface area contributed by atoms with E-state index >= 15 is 0 Å². The van der Waals surface area contributed by atoms with Crippen molar-refractivity contribution >= 4 is 5.78 Å². The van der Waals surface area contributed by atoms with Gasteiger partial charge in [-0.1, -0.05) is 39.5 Å². The lowest BCUT2D eigenvalue weighted by molar-refractivity contribution is -0.123. The number of hydrogen-bond donors (Lipinski definition) is 0. The van der Waals surface area contributed by atoms with Crippen LogP contribution in [0.15, 0.2) is 0 Å². The van der Waals surface area contributed by atoms with Gasteiger partial charge in [-0.3, -0.25) is 9.69 Å². The van der Waals surface area contributed by atoms with Gasteiger partial charge in [-0.15, -0.1) is 0 Å². The van der Waals surface area contributed by atoms with Gasteiger partial charge in [0, 0.05) is 6.54 Å². The highest BCUT2D eigenvalue weighted by molar-refractivity contribution is 5.81. The van der Waals surface area contributed by atoms with Gasteiger partial charge in [0.1, 0.15) is 5.78 Å². The van der Waals surface area contributed by atoms with Crippen molar-refractivity contribution in [1.29, 1.82) is 0 Å². The third-order valence-corrected chi connectivity index (χ3v) is 4.12. The van der Waals surface area contributed by atoms with Crippen molar-refractivity contribution < 1.29 is 4.79 Å². The zero-order valence-electron chi connectivity index (χ0n) is 11.9. The Bertz CT molecular complexity index is 227. The number of rotatable bonds is 7. The average Bonchev–Trinajstić information content (AvgIpc) is 2.34. The molecule has 0 N–H and O–H groups in total. The summed E-state index contributed by atoms with van der Waals surface area (Å²) in [5.74, 6) is 1.16. The van der Waals surface area contributed by atoms with Crippen LogP contribution in [0.4, 0.5) is 0 Å². The number of carbonyl (C=O) groups is 1. The fourth-order valence-corrected chi connectivity index (χ4v) is 2.92. The summed E-state index contributed by atoms with van der Waals surface area (Å²) in [4.78, 5) is 14.1. The van der Waals surface area contributed by atoms with E-state index in [0.717, 1.165) is 25.4 Å². The molecule has 2 nitrogen and oxygen atoms in total. The Morgan fingerprint density at radius 3 is 2.71 bits per heavy atom. The number of carbonyl (C=O) groups excluding carboxylic acids is 1. The average molecular weight is 239 g/mol. The van der Waals surface area contributed by atoms with Crippen LogP contribution in [0.3, 0.4) is 0 Å². The summed E-state index contributed by atoms with van der Waals surface area (Å²) in [6, 6.07) is 0.222. The molecule has 0 aromatic rings. The summed E-state index contributed by atoms with van der Waals surface area (Å²) in [7, 11) is 0. The van der Waals surface area contributed by atoms with Gasteiger partial charge in [-0.05, 0) is 38.6 Å². The summed E-state index contributed by atoms with van der Waals surface area (Å²) in [6.07, 6.45) is 8.78. The van der Waals surface area contributed by atoms with Crippen LogP contribution in [0.5, 0.6) is 0 Å². The monoisotopic (exact) mass is 239 g/mol. The van der Waals surface area contributed by atoms with Crippen LogP contribution in [0.2, 0.25) is 0 Å². The molecule has 0 bridgehead atoms. The van der Waals surface area contributed by atoms with Crippen LogP contribution < -0.4 is 0 Å². The van der Waals surface area contributed by atoms with Crippen molar-refractivity contribution in [1.82, 2.24) is 4.90 Å². The Morgan fingerprint density at radius 2 is 2.12 bits per heavy atom. The number of Topliss-reactive ketones (excluding diaryl/α,β-unsaturated/α-hetero) is 1. The Kier molecular flexibility index (Phi) is 6.79. The van der Waals surface area contributed by atoms with Crippen molar-refractivity contribution in [3.05, 3.63) is 0 Å². The standard InChI is InChI=1S/C15H29NO/c1-4-6-9-14(5-2)12-16-11-8-7-10-15(16)13(3)17/h14-15H,4-12H2,1-3H3. The van der Waals surface area contributed by atoms with E-state index in [4.69, 9.17) is 0 Å². The van der Waals surface area contributed by atoms with Crippen LogP contribution in [0.1, 0.15) is 65.7 Å². The normalized spacial score (nSPS) is 23.6. The summed E-state index contributed by atoms with van der Waals surface area (Å²) < 4.78 is 0. The predicted molar refractivity (Wildman–Crippen MR) is 73.2 cm³/mol. The molecule has 1 rings (SSSR count). The first-order chi connectivity index (χ1) is 8.19. The minimum absolute atomic E-state index is 0.222. The molecule has 0 amide bonds. The molecule has 1 aliphatic heterocycles. The Morgan fingerprint density at radius 1 is 1.35 bits per heavy atom. The van der Waals surface area contributed by atoms with Gasteiger partial charge in [0.25, 0.3) is 0 Å². The van der Waals surface area contributed by atoms with E-state index in [0.29, 0.717) is 5.78 Å². The highest BCUT2D eigenvalue weighted by Crippen LogP contribution is 2.22. The summed E-state index contributed by atoms with van der Waals surface area (Å²) >= 11 is 0. The second-order valence-electron chi connectivity index (χ2n) is 5.53. The molecule has 0 spiro atoms. The highest BCUT2D eigenvalue weighted by atomic mass is 16.1. The van der Waals surface area contributed by atoms with Crippen molar-refractivity contribution in [2.24, 2.45) is 5.92 Å². The molecule has 2 unspecified atom stereocenters. The number of piperidine rings is 1. The van der Waals surface area contributed by atoms with E-state index in [2.05, 4.69) is 18.7 Å². The molecule has 0 aromatic carbocycles. The lowest BCUT2D eigenvalue weighted by Crippen LogP contribution is -2.45. The maximum absolute atomic E-state index is 11.7. The molecule has 0 saturated carbocycles. The maximum Gasteiger partial charge on any atom is 0.146 e. The molecule has 0 aromatic heterocycles. The lowest BCUT2D eigenvalue weighted by atomic mass is 9.94. The first kappa shape index (κ1) is 14.7. The van der Waals surface area contributed by atoms with Gasteiger partial charge < -0.3 is 0 Å². The van der Waals surface area contributed by atoms with E-state index < -0.39 is 0 Å². The second kappa shape index (κ2) is 7.86. The third-order valence-electron chi connectivity index (χ3n) is 4.12. The number of likely N-dealkylation sites (tertiary alicyclic amines) is 1. The second-order valence-corrected chi connectivity index (χ2v) is 5.53. The molecule has 100 valence electrons. The van der Waals surface area contributed by atoms with Crippen LogP contribution in [0.25, 0.3) is 0 Å². The molecule has 1 fully saturated rings. The largest absolute Gasteiger partial charge is 0.298 e. The van der Waals surface area contributed by atoms with Crippen molar-refractivity contribution in [2.75, 3.05) is 13.1 Å². The molecule has 0 radical (unpaired) electrons. The van der Waals surface area contributed by atoms with E-state index in [1.54, 1.807) is 6.92 Å². The predicted octanol–water partition coefficient (Wildman–Crippen LogP) is 3.65. The van der Waals surface area contributed by atoms with Crippen LogP contribution in [0, 0.1) is 5.92 Å². The molecular weight excluding hydrogens is 210 g/mol. The van der Waals surface area contributed by atoms with Crippen LogP contribution >= 0.6 is 0 Å². The van der Waals surface area contributed by atoms with Crippen molar-refractivity contribution in [2.45, 2.75) is 71.8 Å². The van der Waals surface area contributed by atoms with E-state index in [-0.39, 0.29) is 6.04 Å².